The van der Waals surface area contributed by atoms with Crippen LogP contribution in [0.5, 0.6) is 5.75 Å². The first-order chi connectivity index (χ1) is 18.7. The molecule has 39 heavy (non-hydrogen) atoms. The number of amides is 1. The zero-order valence-electron chi connectivity index (χ0n) is 21.2. The number of morpholine rings is 1. The van der Waals surface area contributed by atoms with E-state index in [9.17, 15) is 21.6 Å². The van der Waals surface area contributed by atoms with Crippen molar-refractivity contribution in [3.63, 3.8) is 0 Å². The average Bonchev–Trinajstić information content (AvgIpc) is 3.41. The second-order valence-corrected chi connectivity index (χ2v) is 13.0. The van der Waals surface area contributed by atoms with E-state index in [-0.39, 0.29) is 28.8 Å². The number of rotatable bonds is 9. The molecule has 0 unspecified atom stereocenters. The summed E-state index contributed by atoms with van der Waals surface area (Å²) >= 11 is 0. The highest BCUT2D eigenvalue weighted by atomic mass is 32.2. The zero-order valence-corrected chi connectivity index (χ0v) is 22.8. The molecule has 2 aliphatic rings. The van der Waals surface area contributed by atoms with Crippen LogP contribution in [0, 0.1) is 0 Å². The van der Waals surface area contributed by atoms with E-state index in [0.29, 0.717) is 50.7 Å². The minimum atomic E-state index is -3.71. The van der Waals surface area contributed by atoms with Gasteiger partial charge in [0.2, 0.25) is 10.0 Å². The fraction of sp³-hybridized carbons (Fsp3) is 0.296. The van der Waals surface area contributed by atoms with Crippen LogP contribution in [0.15, 0.2) is 82.6 Å². The second kappa shape index (κ2) is 11.3. The Morgan fingerprint density at radius 3 is 2.18 bits per heavy atom. The second-order valence-electron chi connectivity index (χ2n) is 9.15. The molecule has 0 atom stereocenters. The Kier molecular flexibility index (Phi) is 7.89. The number of benzene rings is 3. The van der Waals surface area contributed by atoms with E-state index in [1.54, 1.807) is 18.2 Å². The third-order valence-corrected chi connectivity index (χ3v) is 10.4. The fourth-order valence-electron chi connectivity index (χ4n) is 4.51. The molecule has 0 spiro atoms. The van der Waals surface area contributed by atoms with Crippen molar-refractivity contribution in [2.24, 2.45) is 0 Å². The summed E-state index contributed by atoms with van der Waals surface area (Å²) in [6.45, 7) is 1.75. The predicted molar refractivity (Wildman–Crippen MR) is 144 cm³/mol. The Bertz CT molecular complexity index is 1530. The number of nitrogens with zero attached hydrogens (tertiary/aromatic N) is 2. The van der Waals surface area contributed by atoms with Crippen molar-refractivity contribution in [3.05, 3.63) is 83.9 Å². The van der Waals surface area contributed by atoms with E-state index in [1.807, 2.05) is 18.2 Å². The molecule has 0 bridgehead atoms. The van der Waals surface area contributed by atoms with Crippen molar-refractivity contribution in [1.82, 2.24) is 9.62 Å². The molecular weight excluding hydrogens is 542 g/mol. The number of hydrogen-bond acceptors (Lipinski definition) is 7. The maximum atomic E-state index is 13.1. The standard InChI is InChI=1S/C27H29N3O7S2/c31-27(28-19-21-5-9-24(10-6-21)38(32,33)29-15-17-36-18-16-29)20-37-23-7-11-25(12-8-23)39(34,35)30-14-13-22-3-1-2-4-26(22)30/h1-12H,13-20H2,(H,28,31). The van der Waals surface area contributed by atoms with Crippen molar-refractivity contribution in [2.75, 3.05) is 43.8 Å². The maximum Gasteiger partial charge on any atom is 0.264 e. The highest BCUT2D eigenvalue weighted by molar-refractivity contribution is 7.92. The molecule has 12 heteroatoms. The molecule has 1 amide bonds. The third-order valence-electron chi connectivity index (χ3n) is 6.65. The lowest BCUT2D eigenvalue weighted by atomic mass is 10.2. The number of carbonyl (C=O) groups excluding carboxylic acids is 1. The van der Waals surface area contributed by atoms with Gasteiger partial charge in [0.1, 0.15) is 5.75 Å². The van der Waals surface area contributed by atoms with Crippen LogP contribution in [0.1, 0.15) is 11.1 Å². The maximum absolute atomic E-state index is 13.1. The number of para-hydroxylation sites is 1. The van der Waals surface area contributed by atoms with Gasteiger partial charge in [0.05, 0.1) is 28.7 Å². The lowest BCUT2D eigenvalue weighted by Crippen LogP contribution is -2.40. The van der Waals surface area contributed by atoms with E-state index in [1.165, 1.54) is 45.0 Å². The molecule has 0 saturated carbocycles. The Labute approximate surface area is 228 Å². The molecule has 10 nitrogen and oxygen atoms in total. The first-order valence-electron chi connectivity index (χ1n) is 12.5. The smallest absolute Gasteiger partial charge is 0.264 e. The highest BCUT2D eigenvalue weighted by Crippen LogP contribution is 2.33. The topological polar surface area (TPSA) is 122 Å². The predicted octanol–water partition coefficient (Wildman–Crippen LogP) is 2.15. The van der Waals surface area contributed by atoms with Gasteiger partial charge in [-0.05, 0) is 60.0 Å². The normalized spacial score (nSPS) is 16.1. The monoisotopic (exact) mass is 571 g/mol. The molecule has 5 rings (SSSR count). The lowest BCUT2D eigenvalue weighted by molar-refractivity contribution is -0.123. The lowest BCUT2D eigenvalue weighted by Gasteiger charge is -2.26. The van der Waals surface area contributed by atoms with Gasteiger partial charge in [-0.1, -0.05) is 30.3 Å². The molecule has 0 radical (unpaired) electrons. The number of fused-ring (bicyclic) bond motifs is 1. The number of sulfonamides is 2. The van der Waals surface area contributed by atoms with Crippen LogP contribution in [-0.2, 0) is 42.5 Å². The van der Waals surface area contributed by atoms with Crippen molar-refractivity contribution >= 4 is 31.6 Å². The summed E-state index contributed by atoms with van der Waals surface area (Å²) in [5.74, 6) is -0.00557. The zero-order chi connectivity index (χ0) is 27.5. The number of hydrogen-bond donors (Lipinski definition) is 1. The van der Waals surface area contributed by atoms with E-state index < -0.39 is 20.0 Å². The van der Waals surface area contributed by atoms with Gasteiger partial charge in [0.25, 0.3) is 15.9 Å². The van der Waals surface area contributed by atoms with Crippen LogP contribution < -0.4 is 14.4 Å². The Morgan fingerprint density at radius 2 is 1.46 bits per heavy atom. The van der Waals surface area contributed by atoms with Gasteiger partial charge < -0.3 is 14.8 Å². The number of nitrogens with one attached hydrogen (secondary N) is 1. The van der Waals surface area contributed by atoms with Gasteiger partial charge >= 0.3 is 0 Å². The number of ether oxygens (including phenoxy) is 2. The molecular formula is C27H29N3O7S2. The van der Waals surface area contributed by atoms with Crippen LogP contribution in [0.2, 0.25) is 0 Å². The largest absolute Gasteiger partial charge is 0.484 e. The minimum Gasteiger partial charge on any atom is -0.484 e. The summed E-state index contributed by atoms with van der Waals surface area (Å²) in [5, 5.41) is 2.73. The molecule has 0 aromatic heterocycles. The molecule has 1 saturated heterocycles. The van der Waals surface area contributed by atoms with Gasteiger partial charge in [-0.25, -0.2) is 16.8 Å². The van der Waals surface area contributed by atoms with Crippen molar-refractivity contribution in [1.29, 1.82) is 0 Å². The van der Waals surface area contributed by atoms with Crippen LogP contribution >= 0.6 is 0 Å². The van der Waals surface area contributed by atoms with Crippen molar-refractivity contribution in [3.8, 4) is 5.75 Å². The fourth-order valence-corrected chi connectivity index (χ4v) is 7.42. The molecule has 206 valence electrons. The van der Waals surface area contributed by atoms with Gasteiger partial charge in [-0.15, -0.1) is 0 Å². The first-order valence-corrected chi connectivity index (χ1v) is 15.4. The van der Waals surface area contributed by atoms with Crippen LogP contribution in [0.25, 0.3) is 0 Å². The Balaban J connectivity index is 1.12. The summed E-state index contributed by atoms with van der Waals surface area (Å²) in [7, 11) is -7.28. The van der Waals surface area contributed by atoms with Crippen LogP contribution in [0.4, 0.5) is 5.69 Å². The molecule has 1 fully saturated rings. The molecule has 1 N–H and O–H groups in total. The third kappa shape index (κ3) is 5.93. The summed E-state index contributed by atoms with van der Waals surface area (Å²) in [6.07, 6.45) is 0.670. The first kappa shape index (κ1) is 27.1. The van der Waals surface area contributed by atoms with Crippen molar-refractivity contribution in [2.45, 2.75) is 22.8 Å². The van der Waals surface area contributed by atoms with Gasteiger partial charge in [0.15, 0.2) is 6.61 Å². The van der Waals surface area contributed by atoms with E-state index >= 15 is 0 Å². The van der Waals surface area contributed by atoms with Gasteiger partial charge in [0, 0.05) is 26.2 Å². The van der Waals surface area contributed by atoms with E-state index in [0.717, 1.165) is 11.1 Å². The summed E-state index contributed by atoms with van der Waals surface area (Å²) in [6, 6.07) is 19.8. The number of anilines is 1. The quantitative estimate of drug-likeness (QED) is 0.418. The minimum absolute atomic E-state index is 0.148. The molecule has 0 aliphatic carbocycles. The molecule has 2 aliphatic heterocycles. The SMILES string of the molecule is O=C(COc1ccc(S(=O)(=O)N2CCc3ccccc32)cc1)NCc1ccc(S(=O)(=O)N2CCOCC2)cc1. The summed E-state index contributed by atoms with van der Waals surface area (Å²) in [4.78, 5) is 12.6. The summed E-state index contributed by atoms with van der Waals surface area (Å²) in [5.41, 5.74) is 2.44. The van der Waals surface area contributed by atoms with Gasteiger partial charge in [-0.3, -0.25) is 9.10 Å². The van der Waals surface area contributed by atoms with Crippen molar-refractivity contribution < 1.29 is 31.1 Å². The average molecular weight is 572 g/mol. The Hall–Kier alpha value is -3.45. The number of carbonyl (C=O) groups is 1. The Morgan fingerprint density at radius 1 is 0.821 bits per heavy atom. The van der Waals surface area contributed by atoms with E-state index in [2.05, 4.69) is 5.32 Å². The van der Waals surface area contributed by atoms with Gasteiger partial charge in [-0.2, -0.15) is 4.31 Å². The van der Waals surface area contributed by atoms with E-state index in [4.69, 9.17) is 9.47 Å². The molecule has 2 heterocycles. The highest BCUT2D eigenvalue weighted by Gasteiger charge is 2.30. The molecule has 3 aromatic rings. The molecule has 3 aromatic carbocycles. The summed E-state index contributed by atoms with van der Waals surface area (Å²) < 4.78 is 65.3. The van der Waals surface area contributed by atoms with Crippen LogP contribution in [0.3, 0.4) is 0 Å². The van der Waals surface area contributed by atoms with Crippen LogP contribution in [-0.4, -0.2) is 66.5 Å².